The number of allylic oxidation sites excluding steroid dienone is 4. The van der Waals surface area contributed by atoms with E-state index in [4.69, 9.17) is 9.47 Å². The van der Waals surface area contributed by atoms with Gasteiger partial charge in [0, 0.05) is 0 Å². The van der Waals surface area contributed by atoms with E-state index in [-0.39, 0.29) is 0 Å². The highest BCUT2D eigenvalue weighted by Crippen LogP contribution is 2.32. The summed E-state index contributed by atoms with van der Waals surface area (Å²) < 4.78 is 11.4. The van der Waals surface area contributed by atoms with Crippen molar-refractivity contribution in [3.05, 3.63) is 77.9 Å². The molecule has 2 heterocycles. The lowest BCUT2D eigenvalue weighted by molar-refractivity contribution is 0.378. The molecular formula is C20H20O2. The SMILES string of the molecule is COc1ccc2cc1Oc1ccc(cc1)CC/C=C/C=C/C2. The minimum atomic E-state index is 0.751. The highest BCUT2D eigenvalue weighted by atomic mass is 16.5. The minimum Gasteiger partial charge on any atom is -0.493 e. The number of aryl methyl sites for hydroxylation is 1. The molecular weight excluding hydrogens is 272 g/mol. The van der Waals surface area contributed by atoms with Gasteiger partial charge in [-0.15, -0.1) is 0 Å². The third-order valence-corrected chi connectivity index (χ3v) is 3.72. The molecule has 0 amide bonds. The van der Waals surface area contributed by atoms with E-state index in [1.807, 2.05) is 24.3 Å². The molecule has 0 radical (unpaired) electrons. The third kappa shape index (κ3) is 3.59. The summed E-state index contributed by atoms with van der Waals surface area (Å²) in [6.45, 7) is 0. The molecule has 2 aliphatic rings. The molecule has 0 unspecified atom stereocenters. The summed E-state index contributed by atoms with van der Waals surface area (Å²) in [5.41, 5.74) is 2.52. The first-order valence-electron chi connectivity index (χ1n) is 7.60. The van der Waals surface area contributed by atoms with Crippen molar-refractivity contribution >= 4 is 0 Å². The lowest BCUT2D eigenvalue weighted by atomic mass is 10.1. The summed E-state index contributed by atoms with van der Waals surface area (Å²) in [7, 11) is 1.66. The van der Waals surface area contributed by atoms with Crippen LogP contribution in [0.3, 0.4) is 0 Å². The van der Waals surface area contributed by atoms with E-state index in [1.54, 1.807) is 7.11 Å². The van der Waals surface area contributed by atoms with E-state index in [0.29, 0.717) is 0 Å². The molecule has 112 valence electrons. The van der Waals surface area contributed by atoms with Gasteiger partial charge >= 0.3 is 0 Å². The second-order valence-corrected chi connectivity index (χ2v) is 5.33. The highest BCUT2D eigenvalue weighted by Gasteiger charge is 2.07. The van der Waals surface area contributed by atoms with Crippen molar-refractivity contribution in [1.29, 1.82) is 0 Å². The van der Waals surface area contributed by atoms with Gasteiger partial charge in [0.15, 0.2) is 11.5 Å². The topological polar surface area (TPSA) is 18.5 Å². The zero-order valence-electron chi connectivity index (χ0n) is 12.8. The number of hydrogen-bond donors (Lipinski definition) is 0. The average molecular weight is 292 g/mol. The van der Waals surface area contributed by atoms with Crippen LogP contribution in [-0.4, -0.2) is 7.11 Å². The standard InChI is InChI=1S/C20H20O2/c1-21-19-14-11-17-8-6-4-2-3-5-7-16-9-12-18(13-10-16)22-20(19)15-17/h2-4,6,9-15H,5,7-8H2,1H3/b3-2+,6-4+. The van der Waals surface area contributed by atoms with Crippen LogP contribution in [0.1, 0.15) is 17.5 Å². The lowest BCUT2D eigenvalue weighted by Gasteiger charge is -2.12. The summed E-state index contributed by atoms with van der Waals surface area (Å²) >= 11 is 0. The van der Waals surface area contributed by atoms with Crippen LogP contribution in [0.15, 0.2) is 66.8 Å². The average Bonchev–Trinajstić information content (AvgIpc) is 2.56. The Morgan fingerprint density at radius 2 is 1.68 bits per heavy atom. The summed E-state index contributed by atoms with van der Waals surface area (Å²) in [6, 6.07) is 14.3. The zero-order valence-corrected chi connectivity index (χ0v) is 12.8. The van der Waals surface area contributed by atoms with E-state index in [0.717, 1.165) is 36.5 Å². The predicted octanol–water partition coefficient (Wildman–Crippen LogP) is 5.09. The summed E-state index contributed by atoms with van der Waals surface area (Å²) in [5.74, 6) is 2.34. The van der Waals surface area contributed by atoms with Gasteiger partial charge in [-0.1, -0.05) is 42.5 Å². The van der Waals surface area contributed by atoms with Gasteiger partial charge in [0.25, 0.3) is 0 Å². The molecule has 0 aromatic heterocycles. The Morgan fingerprint density at radius 3 is 2.50 bits per heavy atom. The molecule has 0 saturated heterocycles. The molecule has 0 atom stereocenters. The molecule has 4 bridgehead atoms. The number of fused-ring (bicyclic) bond motifs is 6. The molecule has 22 heavy (non-hydrogen) atoms. The Balaban J connectivity index is 1.97. The Morgan fingerprint density at radius 1 is 0.909 bits per heavy atom. The van der Waals surface area contributed by atoms with Crippen molar-refractivity contribution in [3.8, 4) is 17.2 Å². The Labute approximate surface area is 131 Å². The van der Waals surface area contributed by atoms with Crippen LogP contribution in [0.4, 0.5) is 0 Å². The molecule has 2 aromatic carbocycles. The second kappa shape index (κ2) is 6.99. The van der Waals surface area contributed by atoms with Crippen LogP contribution in [-0.2, 0) is 12.8 Å². The summed E-state index contributed by atoms with van der Waals surface area (Å²) in [4.78, 5) is 0. The largest absolute Gasteiger partial charge is 0.493 e. The predicted molar refractivity (Wildman–Crippen MR) is 89.8 cm³/mol. The Kier molecular flexibility index (Phi) is 4.59. The molecule has 2 heteroatoms. The van der Waals surface area contributed by atoms with Crippen molar-refractivity contribution in [2.24, 2.45) is 0 Å². The second-order valence-electron chi connectivity index (χ2n) is 5.33. The molecule has 0 N–H and O–H groups in total. The fourth-order valence-corrected chi connectivity index (χ4v) is 2.49. The molecule has 2 aliphatic heterocycles. The first-order valence-corrected chi connectivity index (χ1v) is 7.60. The van der Waals surface area contributed by atoms with E-state index < -0.39 is 0 Å². The van der Waals surface area contributed by atoms with Gasteiger partial charge < -0.3 is 9.47 Å². The van der Waals surface area contributed by atoms with Gasteiger partial charge in [-0.2, -0.15) is 0 Å². The minimum absolute atomic E-state index is 0.751. The number of rotatable bonds is 1. The quantitative estimate of drug-likeness (QED) is 0.729. The van der Waals surface area contributed by atoms with Gasteiger partial charge in [-0.05, 0) is 54.7 Å². The fraction of sp³-hybridized carbons (Fsp3) is 0.200. The van der Waals surface area contributed by atoms with E-state index in [1.165, 1.54) is 11.1 Å². The molecule has 0 spiro atoms. The smallest absolute Gasteiger partial charge is 0.169 e. The fourth-order valence-electron chi connectivity index (χ4n) is 2.49. The number of benzene rings is 2. The van der Waals surface area contributed by atoms with Crippen molar-refractivity contribution in [2.75, 3.05) is 7.11 Å². The van der Waals surface area contributed by atoms with Gasteiger partial charge in [-0.25, -0.2) is 0 Å². The maximum absolute atomic E-state index is 6.01. The van der Waals surface area contributed by atoms with E-state index in [2.05, 4.69) is 42.5 Å². The Bertz CT molecular complexity index is 681. The van der Waals surface area contributed by atoms with Gasteiger partial charge in [0.05, 0.1) is 7.11 Å². The molecule has 2 aromatic rings. The lowest BCUT2D eigenvalue weighted by Crippen LogP contribution is -1.93. The maximum atomic E-state index is 6.01. The molecule has 0 saturated carbocycles. The first-order chi connectivity index (χ1) is 10.8. The third-order valence-electron chi connectivity index (χ3n) is 3.72. The maximum Gasteiger partial charge on any atom is 0.169 e. The normalized spacial score (nSPS) is 17.0. The molecule has 0 aliphatic carbocycles. The van der Waals surface area contributed by atoms with Crippen molar-refractivity contribution in [2.45, 2.75) is 19.3 Å². The van der Waals surface area contributed by atoms with Gasteiger partial charge in [-0.3, -0.25) is 0 Å². The van der Waals surface area contributed by atoms with E-state index in [9.17, 15) is 0 Å². The van der Waals surface area contributed by atoms with Gasteiger partial charge in [0.1, 0.15) is 5.75 Å². The first kappa shape index (κ1) is 14.5. The summed E-state index contributed by atoms with van der Waals surface area (Å²) in [5, 5.41) is 0. The van der Waals surface area contributed by atoms with Crippen LogP contribution < -0.4 is 9.47 Å². The van der Waals surface area contributed by atoms with Crippen molar-refractivity contribution in [3.63, 3.8) is 0 Å². The van der Waals surface area contributed by atoms with Gasteiger partial charge in [0.2, 0.25) is 0 Å². The number of methoxy groups -OCH3 is 1. The summed E-state index contributed by atoms with van der Waals surface area (Å²) in [6.07, 6.45) is 11.6. The van der Waals surface area contributed by atoms with Crippen LogP contribution >= 0.6 is 0 Å². The number of hydrogen-bond acceptors (Lipinski definition) is 2. The molecule has 0 fully saturated rings. The van der Waals surface area contributed by atoms with Crippen LogP contribution in [0.25, 0.3) is 0 Å². The monoisotopic (exact) mass is 292 g/mol. The van der Waals surface area contributed by atoms with Crippen LogP contribution in [0, 0.1) is 0 Å². The zero-order chi connectivity index (χ0) is 15.2. The molecule has 4 rings (SSSR count). The number of ether oxygens (including phenoxy) is 2. The van der Waals surface area contributed by atoms with E-state index >= 15 is 0 Å². The molecule has 2 nitrogen and oxygen atoms in total. The van der Waals surface area contributed by atoms with Crippen LogP contribution in [0.5, 0.6) is 17.2 Å². The van der Waals surface area contributed by atoms with Crippen molar-refractivity contribution < 1.29 is 9.47 Å². The van der Waals surface area contributed by atoms with Crippen molar-refractivity contribution in [1.82, 2.24) is 0 Å². The Hall–Kier alpha value is -2.48. The van der Waals surface area contributed by atoms with Crippen LogP contribution in [0.2, 0.25) is 0 Å². The highest BCUT2D eigenvalue weighted by molar-refractivity contribution is 5.46.